The lowest BCUT2D eigenvalue weighted by Crippen LogP contribution is -2.15. The minimum absolute atomic E-state index is 0.322. The molecule has 0 aliphatic carbocycles. The van der Waals surface area contributed by atoms with E-state index in [1.54, 1.807) is 0 Å². The first-order chi connectivity index (χ1) is 7.10. The molecule has 0 amide bonds. The van der Waals surface area contributed by atoms with Crippen molar-refractivity contribution >= 4 is 0 Å². The van der Waals surface area contributed by atoms with Crippen LogP contribution in [0, 0.1) is 0 Å². The molecule has 0 radical (unpaired) electrons. The normalized spacial score (nSPS) is 11.7. The van der Waals surface area contributed by atoms with Crippen LogP contribution in [-0.2, 0) is 11.8 Å². The first-order valence-electron chi connectivity index (χ1n) is 6.19. The van der Waals surface area contributed by atoms with E-state index in [-0.39, 0.29) is 0 Å². The molecule has 84 valence electrons. The highest BCUT2D eigenvalue weighted by atomic mass is 14.2. The van der Waals surface area contributed by atoms with Gasteiger partial charge in [0.1, 0.15) is 0 Å². The van der Waals surface area contributed by atoms with Crippen LogP contribution in [0.2, 0.25) is 0 Å². The first kappa shape index (κ1) is 12.3. The molecule has 0 bridgehead atoms. The Balaban J connectivity index is 2.82. The molecule has 0 saturated heterocycles. The molecule has 1 rings (SSSR count). The largest absolute Gasteiger partial charge is 0.0654 e. The van der Waals surface area contributed by atoms with Gasteiger partial charge in [-0.1, -0.05) is 58.4 Å². The summed E-state index contributed by atoms with van der Waals surface area (Å²) in [6.07, 6.45) is 5.01. The van der Waals surface area contributed by atoms with Crippen molar-refractivity contribution in [3.63, 3.8) is 0 Å². The molecule has 0 N–H and O–H groups in total. The zero-order valence-electron chi connectivity index (χ0n) is 10.6. The van der Waals surface area contributed by atoms with Crippen molar-refractivity contribution in [2.45, 2.75) is 58.8 Å². The predicted octanol–water partition coefficient (Wildman–Crippen LogP) is 4.72. The molecule has 0 nitrogen and oxygen atoms in total. The van der Waals surface area contributed by atoms with E-state index in [0.29, 0.717) is 5.41 Å². The highest BCUT2D eigenvalue weighted by Gasteiger charge is 2.17. The molecular weight excluding hydrogens is 180 g/mol. The van der Waals surface area contributed by atoms with Crippen LogP contribution < -0.4 is 0 Å². The van der Waals surface area contributed by atoms with Crippen LogP contribution in [0.1, 0.15) is 58.1 Å². The van der Waals surface area contributed by atoms with Crippen LogP contribution in [-0.4, -0.2) is 0 Å². The molecule has 0 unspecified atom stereocenters. The van der Waals surface area contributed by atoms with E-state index >= 15 is 0 Å². The Bertz CT molecular complexity index is 297. The maximum absolute atomic E-state index is 2.39. The molecular formula is C15H24. The Morgan fingerprint density at radius 3 is 2.47 bits per heavy atom. The van der Waals surface area contributed by atoms with Gasteiger partial charge in [0.05, 0.1) is 0 Å². The van der Waals surface area contributed by atoms with E-state index in [0.717, 1.165) is 0 Å². The van der Waals surface area contributed by atoms with Crippen LogP contribution in [0.5, 0.6) is 0 Å². The van der Waals surface area contributed by atoms with Crippen molar-refractivity contribution in [1.29, 1.82) is 0 Å². The number of benzene rings is 1. The topological polar surface area (TPSA) is 0 Å². The lowest BCUT2D eigenvalue weighted by Gasteiger charge is -2.23. The van der Waals surface area contributed by atoms with Crippen molar-refractivity contribution in [1.82, 2.24) is 0 Å². The summed E-state index contributed by atoms with van der Waals surface area (Å²) in [5.74, 6) is 0. The summed E-state index contributed by atoms with van der Waals surface area (Å²) < 4.78 is 0. The third-order valence-corrected chi connectivity index (χ3v) is 3.41. The van der Waals surface area contributed by atoms with Crippen molar-refractivity contribution in [3.8, 4) is 0 Å². The van der Waals surface area contributed by atoms with E-state index in [2.05, 4.69) is 52.0 Å². The van der Waals surface area contributed by atoms with E-state index in [9.17, 15) is 0 Å². The Hall–Kier alpha value is -0.780. The third kappa shape index (κ3) is 3.37. The van der Waals surface area contributed by atoms with E-state index in [1.165, 1.54) is 36.8 Å². The standard InChI is InChI=1S/C15H24/c1-5-7-9-13-10-8-11-14(12-13)15(3,4)6-2/h8,10-12H,5-7,9H2,1-4H3. The Morgan fingerprint density at radius 2 is 1.87 bits per heavy atom. The molecule has 0 aromatic heterocycles. The fourth-order valence-electron chi connectivity index (χ4n) is 1.73. The van der Waals surface area contributed by atoms with Crippen LogP contribution in [0.25, 0.3) is 0 Å². The average molecular weight is 204 g/mol. The van der Waals surface area contributed by atoms with Crippen molar-refractivity contribution in [2.75, 3.05) is 0 Å². The fourth-order valence-corrected chi connectivity index (χ4v) is 1.73. The lowest BCUT2D eigenvalue weighted by molar-refractivity contribution is 0.505. The molecule has 15 heavy (non-hydrogen) atoms. The van der Waals surface area contributed by atoms with E-state index in [4.69, 9.17) is 0 Å². The summed E-state index contributed by atoms with van der Waals surface area (Å²) in [7, 11) is 0. The van der Waals surface area contributed by atoms with Gasteiger partial charge in [-0.2, -0.15) is 0 Å². The maximum atomic E-state index is 2.39. The molecule has 0 heterocycles. The number of hydrogen-bond acceptors (Lipinski definition) is 0. The van der Waals surface area contributed by atoms with Gasteiger partial charge in [0, 0.05) is 0 Å². The highest BCUT2D eigenvalue weighted by Crippen LogP contribution is 2.27. The van der Waals surface area contributed by atoms with E-state index in [1.807, 2.05) is 0 Å². The van der Waals surface area contributed by atoms with Crippen LogP contribution in [0.3, 0.4) is 0 Å². The van der Waals surface area contributed by atoms with Crippen molar-refractivity contribution in [3.05, 3.63) is 35.4 Å². The van der Waals surface area contributed by atoms with Gasteiger partial charge < -0.3 is 0 Å². The quantitative estimate of drug-likeness (QED) is 0.651. The first-order valence-corrected chi connectivity index (χ1v) is 6.19. The van der Waals surface area contributed by atoms with Crippen LogP contribution in [0.15, 0.2) is 24.3 Å². The Kier molecular flexibility index (Phi) is 4.38. The van der Waals surface area contributed by atoms with Gasteiger partial charge in [-0.05, 0) is 35.8 Å². The van der Waals surface area contributed by atoms with Gasteiger partial charge in [-0.3, -0.25) is 0 Å². The lowest BCUT2D eigenvalue weighted by atomic mass is 9.81. The molecule has 1 aromatic carbocycles. The van der Waals surface area contributed by atoms with Crippen LogP contribution in [0.4, 0.5) is 0 Å². The summed E-state index contributed by atoms with van der Waals surface area (Å²) in [6, 6.07) is 9.11. The van der Waals surface area contributed by atoms with Crippen molar-refractivity contribution in [2.24, 2.45) is 0 Å². The summed E-state index contributed by atoms with van der Waals surface area (Å²) in [5.41, 5.74) is 3.30. The Morgan fingerprint density at radius 1 is 1.13 bits per heavy atom. The van der Waals surface area contributed by atoms with Gasteiger partial charge in [0.2, 0.25) is 0 Å². The van der Waals surface area contributed by atoms with Gasteiger partial charge in [0.25, 0.3) is 0 Å². The average Bonchev–Trinajstić information content (AvgIpc) is 2.27. The smallest absolute Gasteiger partial charge is 0.0106 e. The summed E-state index contributed by atoms with van der Waals surface area (Å²) in [6.45, 7) is 9.16. The molecule has 0 aliphatic heterocycles. The zero-order chi connectivity index (χ0) is 11.3. The van der Waals surface area contributed by atoms with Gasteiger partial charge >= 0.3 is 0 Å². The minimum atomic E-state index is 0.322. The second-order valence-electron chi connectivity index (χ2n) is 5.04. The van der Waals surface area contributed by atoms with Crippen LogP contribution >= 0.6 is 0 Å². The van der Waals surface area contributed by atoms with Gasteiger partial charge in [-0.25, -0.2) is 0 Å². The highest BCUT2D eigenvalue weighted by molar-refractivity contribution is 5.29. The van der Waals surface area contributed by atoms with Gasteiger partial charge in [-0.15, -0.1) is 0 Å². The number of hydrogen-bond donors (Lipinski definition) is 0. The molecule has 1 aromatic rings. The number of rotatable bonds is 5. The minimum Gasteiger partial charge on any atom is -0.0654 e. The number of aryl methyl sites for hydroxylation is 1. The summed E-state index contributed by atoms with van der Waals surface area (Å²) in [4.78, 5) is 0. The molecule has 0 aliphatic rings. The SMILES string of the molecule is CCCCc1cccc(C(C)(C)CC)c1. The molecule has 0 heteroatoms. The Labute approximate surface area is 94.7 Å². The summed E-state index contributed by atoms with van der Waals surface area (Å²) >= 11 is 0. The zero-order valence-corrected chi connectivity index (χ0v) is 10.6. The molecule has 0 spiro atoms. The number of unbranched alkanes of at least 4 members (excludes halogenated alkanes) is 1. The molecule has 0 fully saturated rings. The molecule has 0 atom stereocenters. The predicted molar refractivity (Wildman–Crippen MR) is 68.4 cm³/mol. The summed E-state index contributed by atoms with van der Waals surface area (Å²) in [5, 5.41) is 0. The van der Waals surface area contributed by atoms with Crippen molar-refractivity contribution < 1.29 is 0 Å². The molecule has 0 saturated carbocycles. The van der Waals surface area contributed by atoms with Gasteiger partial charge in [0.15, 0.2) is 0 Å². The maximum Gasteiger partial charge on any atom is -0.0106 e. The second-order valence-corrected chi connectivity index (χ2v) is 5.04. The monoisotopic (exact) mass is 204 g/mol. The fraction of sp³-hybridized carbons (Fsp3) is 0.600. The second kappa shape index (κ2) is 5.34. The van der Waals surface area contributed by atoms with E-state index < -0.39 is 0 Å². The third-order valence-electron chi connectivity index (χ3n) is 3.41.